The number of amides is 1. The molecule has 0 bridgehead atoms. The van der Waals surface area contributed by atoms with Crippen molar-refractivity contribution in [3.05, 3.63) is 29.6 Å². The van der Waals surface area contributed by atoms with Crippen molar-refractivity contribution in [1.82, 2.24) is 9.88 Å². The Morgan fingerprint density at radius 3 is 2.94 bits per heavy atom. The highest BCUT2D eigenvalue weighted by atomic mass is 16.3. The summed E-state index contributed by atoms with van der Waals surface area (Å²) in [5, 5.41) is 10.0. The zero-order valence-electron chi connectivity index (χ0n) is 10.1. The molecule has 1 atom stereocenters. The lowest BCUT2D eigenvalue weighted by Gasteiger charge is -2.20. The minimum Gasteiger partial charge on any atom is -0.369 e. The van der Waals surface area contributed by atoms with Crippen LogP contribution in [-0.2, 0) is 0 Å². The number of rotatable bonds is 5. The summed E-state index contributed by atoms with van der Waals surface area (Å²) in [5.41, 5.74) is 1.03. The van der Waals surface area contributed by atoms with Gasteiger partial charge in [-0.1, -0.05) is 32.3 Å². The number of carbonyl (C=O) groups excluding carboxylic acids is 1. The molecular weight excluding hydrogens is 216 g/mol. The first-order chi connectivity index (χ1) is 8.25. The maximum absolute atomic E-state index is 12.0. The van der Waals surface area contributed by atoms with Crippen LogP contribution in [0.2, 0.25) is 0 Å². The van der Waals surface area contributed by atoms with E-state index in [-0.39, 0.29) is 5.91 Å². The van der Waals surface area contributed by atoms with Crippen molar-refractivity contribution in [2.24, 2.45) is 0 Å². The lowest BCUT2D eigenvalue weighted by molar-refractivity contribution is 0.0169. The molecule has 92 valence electrons. The summed E-state index contributed by atoms with van der Waals surface area (Å²) in [5.74, 6) is -0.149. The highest BCUT2D eigenvalue weighted by molar-refractivity contribution is 5.96. The van der Waals surface area contributed by atoms with E-state index in [0.717, 1.165) is 19.3 Å². The van der Waals surface area contributed by atoms with E-state index < -0.39 is 6.23 Å². The molecule has 1 aliphatic rings. The van der Waals surface area contributed by atoms with Crippen molar-refractivity contribution in [3.63, 3.8) is 0 Å². The fourth-order valence-corrected chi connectivity index (χ4v) is 2.15. The average molecular weight is 234 g/mol. The number of aliphatic hydroxyl groups is 1. The number of pyridine rings is 1. The molecule has 2 heterocycles. The number of unbranched alkanes of at least 4 members (excludes halogenated alkanes) is 3. The molecule has 17 heavy (non-hydrogen) atoms. The summed E-state index contributed by atoms with van der Waals surface area (Å²) >= 11 is 0. The quantitative estimate of drug-likeness (QED) is 0.794. The Balaban J connectivity index is 2.00. The van der Waals surface area contributed by atoms with Gasteiger partial charge in [-0.2, -0.15) is 0 Å². The minimum absolute atomic E-state index is 0.149. The number of nitrogens with zero attached hydrogens (tertiary/aromatic N) is 2. The summed E-state index contributed by atoms with van der Waals surface area (Å²) < 4.78 is 0. The van der Waals surface area contributed by atoms with E-state index in [2.05, 4.69) is 11.9 Å². The zero-order valence-corrected chi connectivity index (χ0v) is 10.1. The molecule has 0 saturated carbocycles. The first-order valence-corrected chi connectivity index (χ1v) is 6.19. The van der Waals surface area contributed by atoms with Gasteiger partial charge in [0.25, 0.3) is 5.91 Å². The van der Waals surface area contributed by atoms with Gasteiger partial charge in [0.2, 0.25) is 0 Å². The van der Waals surface area contributed by atoms with Gasteiger partial charge in [0.15, 0.2) is 6.23 Å². The molecule has 0 aromatic carbocycles. The topological polar surface area (TPSA) is 53.4 Å². The normalized spacial score (nSPS) is 18.6. The molecule has 1 N–H and O–H groups in total. The Labute approximate surface area is 101 Å². The van der Waals surface area contributed by atoms with Crippen LogP contribution in [-0.4, -0.2) is 27.4 Å². The second kappa shape index (κ2) is 5.27. The third kappa shape index (κ3) is 2.31. The Bertz CT molecular complexity index is 406. The van der Waals surface area contributed by atoms with E-state index in [1.165, 1.54) is 11.3 Å². The van der Waals surface area contributed by atoms with Crippen molar-refractivity contribution in [2.45, 2.75) is 38.8 Å². The van der Waals surface area contributed by atoms with E-state index in [0.29, 0.717) is 17.8 Å². The molecule has 1 amide bonds. The SMILES string of the molecule is CCCCCCN1C(=O)c2ncccc2C1O. The van der Waals surface area contributed by atoms with Crippen LogP contribution < -0.4 is 0 Å². The van der Waals surface area contributed by atoms with E-state index >= 15 is 0 Å². The van der Waals surface area contributed by atoms with E-state index in [1.807, 2.05) is 0 Å². The van der Waals surface area contributed by atoms with Gasteiger partial charge in [0.05, 0.1) is 0 Å². The van der Waals surface area contributed by atoms with Crippen LogP contribution >= 0.6 is 0 Å². The molecule has 1 aromatic rings. The van der Waals surface area contributed by atoms with Gasteiger partial charge in [0.1, 0.15) is 5.69 Å². The number of hydrogen-bond donors (Lipinski definition) is 1. The third-order valence-electron chi connectivity index (χ3n) is 3.13. The summed E-state index contributed by atoms with van der Waals surface area (Å²) in [4.78, 5) is 17.5. The number of aromatic nitrogens is 1. The Kier molecular flexibility index (Phi) is 3.74. The van der Waals surface area contributed by atoms with Crippen LogP contribution in [0.1, 0.15) is 54.9 Å². The first-order valence-electron chi connectivity index (χ1n) is 6.19. The molecule has 1 unspecified atom stereocenters. The fraction of sp³-hybridized carbons (Fsp3) is 0.538. The van der Waals surface area contributed by atoms with Crippen LogP contribution in [0.5, 0.6) is 0 Å². The molecule has 4 nitrogen and oxygen atoms in total. The van der Waals surface area contributed by atoms with Gasteiger partial charge in [-0.15, -0.1) is 0 Å². The van der Waals surface area contributed by atoms with Crippen molar-refractivity contribution >= 4 is 5.91 Å². The van der Waals surface area contributed by atoms with Gasteiger partial charge >= 0.3 is 0 Å². The third-order valence-corrected chi connectivity index (χ3v) is 3.13. The van der Waals surface area contributed by atoms with Gasteiger partial charge < -0.3 is 10.0 Å². The largest absolute Gasteiger partial charge is 0.369 e. The fourth-order valence-electron chi connectivity index (χ4n) is 2.15. The first kappa shape index (κ1) is 12.0. The summed E-state index contributed by atoms with van der Waals surface area (Å²) in [6.45, 7) is 2.76. The van der Waals surface area contributed by atoms with Gasteiger partial charge in [0, 0.05) is 18.3 Å². The Morgan fingerprint density at radius 1 is 1.41 bits per heavy atom. The highest BCUT2D eigenvalue weighted by Gasteiger charge is 2.35. The van der Waals surface area contributed by atoms with Crippen LogP contribution in [0.25, 0.3) is 0 Å². The van der Waals surface area contributed by atoms with E-state index in [9.17, 15) is 9.90 Å². The van der Waals surface area contributed by atoms with Crippen molar-refractivity contribution < 1.29 is 9.90 Å². The maximum Gasteiger partial charge on any atom is 0.275 e. The summed E-state index contributed by atoms with van der Waals surface area (Å²) in [7, 11) is 0. The number of aliphatic hydroxyl groups excluding tert-OH is 1. The van der Waals surface area contributed by atoms with Crippen LogP contribution in [0.15, 0.2) is 18.3 Å². The predicted octanol–water partition coefficient (Wildman–Crippen LogP) is 2.11. The van der Waals surface area contributed by atoms with Crippen molar-refractivity contribution in [3.8, 4) is 0 Å². The second-order valence-electron chi connectivity index (χ2n) is 4.37. The summed E-state index contributed by atoms with van der Waals surface area (Å²) in [6.07, 6.45) is 5.14. The molecule has 0 radical (unpaired) electrons. The maximum atomic E-state index is 12.0. The standard InChI is InChI=1S/C13H18N2O2/c1-2-3-4-5-9-15-12(16)10-7-6-8-14-11(10)13(15)17/h6-8,12,16H,2-5,9H2,1H3. The van der Waals surface area contributed by atoms with E-state index in [1.54, 1.807) is 18.3 Å². The van der Waals surface area contributed by atoms with E-state index in [4.69, 9.17) is 0 Å². The molecular formula is C13H18N2O2. The van der Waals surface area contributed by atoms with Crippen molar-refractivity contribution in [2.75, 3.05) is 6.54 Å². The molecule has 1 aliphatic heterocycles. The molecule has 0 saturated heterocycles. The van der Waals surface area contributed by atoms with Gasteiger partial charge in [-0.25, -0.2) is 0 Å². The molecule has 2 rings (SSSR count). The average Bonchev–Trinajstić information content (AvgIpc) is 2.60. The molecule has 0 aliphatic carbocycles. The number of hydrogen-bond acceptors (Lipinski definition) is 3. The van der Waals surface area contributed by atoms with Crippen molar-refractivity contribution in [1.29, 1.82) is 0 Å². The lowest BCUT2D eigenvalue weighted by atomic mass is 10.2. The zero-order chi connectivity index (χ0) is 12.3. The molecule has 1 aromatic heterocycles. The number of carbonyl (C=O) groups is 1. The van der Waals surface area contributed by atoms with Gasteiger partial charge in [-0.05, 0) is 12.5 Å². The van der Waals surface area contributed by atoms with Crippen LogP contribution in [0, 0.1) is 0 Å². The predicted molar refractivity (Wildman–Crippen MR) is 64.4 cm³/mol. The van der Waals surface area contributed by atoms with Crippen LogP contribution in [0.3, 0.4) is 0 Å². The smallest absolute Gasteiger partial charge is 0.275 e. The highest BCUT2D eigenvalue weighted by Crippen LogP contribution is 2.29. The Hall–Kier alpha value is -1.42. The summed E-state index contributed by atoms with van der Waals surface area (Å²) in [6, 6.07) is 3.51. The molecule has 0 fully saturated rings. The molecule has 4 heteroatoms. The Morgan fingerprint density at radius 2 is 2.24 bits per heavy atom. The monoisotopic (exact) mass is 234 g/mol. The lowest BCUT2D eigenvalue weighted by Crippen LogP contribution is -2.29. The van der Waals surface area contributed by atoms with Crippen LogP contribution in [0.4, 0.5) is 0 Å². The van der Waals surface area contributed by atoms with Gasteiger partial charge in [-0.3, -0.25) is 9.78 Å². The minimum atomic E-state index is -0.812. The second-order valence-corrected chi connectivity index (χ2v) is 4.37. The molecule has 0 spiro atoms. The number of fused-ring (bicyclic) bond motifs is 1.